The van der Waals surface area contributed by atoms with Gasteiger partial charge in [0.15, 0.2) is 0 Å². The molecular formula is C16H27N3O. The van der Waals surface area contributed by atoms with Gasteiger partial charge in [0.25, 0.3) is 0 Å². The molecule has 0 spiro atoms. The van der Waals surface area contributed by atoms with E-state index in [0.717, 1.165) is 35.8 Å². The monoisotopic (exact) mass is 277 g/mol. The topological polar surface area (TPSA) is 46.9 Å². The molecule has 1 atom stereocenters. The molecule has 1 fully saturated rings. The molecule has 0 bridgehead atoms. The summed E-state index contributed by atoms with van der Waals surface area (Å²) in [5.74, 6) is 0.835. The first-order chi connectivity index (χ1) is 9.50. The number of amides is 1. The van der Waals surface area contributed by atoms with E-state index in [-0.39, 0.29) is 11.8 Å². The SMILES string of the molecule is Cc1nn(C)c(C)c1[C@H](C)C(=O)NCCC1CCCC1. The van der Waals surface area contributed by atoms with Crippen molar-refractivity contribution >= 4 is 5.91 Å². The summed E-state index contributed by atoms with van der Waals surface area (Å²) in [5.41, 5.74) is 3.12. The number of carbonyl (C=O) groups excluding carboxylic acids is 1. The van der Waals surface area contributed by atoms with Crippen LogP contribution in [0.5, 0.6) is 0 Å². The number of rotatable bonds is 5. The summed E-state index contributed by atoms with van der Waals surface area (Å²) in [4.78, 5) is 12.3. The van der Waals surface area contributed by atoms with Crippen molar-refractivity contribution in [2.45, 2.75) is 58.8 Å². The Morgan fingerprint density at radius 3 is 2.60 bits per heavy atom. The lowest BCUT2D eigenvalue weighted by molar-refractivity contribution is -0.122. The number of aryl methyl sites for hydroxylation is 2. The Kier molecular flexibility index (Phi) is 4.84. The lowest BCUT2D eigenvalue weighted by Crippen LogP contribution is -2.30. The predicted molar refractivity (Wildman–Crippen MR) is 80.7 cm³/mol. The van der Waals surface area contributed by atoms with E-state index in [1.54, 1.807) is 0 Å². The van der Waals surface area contributed by atoms with E-state index < -0.39 is 0 Å². The largest absolute Gasteiger partial charge is 0.356 e. The van der Waals surface area contributed by atoms with Crippen molar-refractivity contribution in [3.63, 3.8) is 0 Å². The van der Waals surface area contributed by atoms with Crippen LogP contribution in [0, 0.1) is 19.8 Å². The molecule has 1 N–H and O–H groups in total. The fourth-order valence-corrected chi connectivity index (χ4v) is 3.40. The minimum Gasteiger partial charge on any atom is -0.356 e. The second kappa shape index (κ2) is 6.42. The number of hydrogen-bond acceptors (Lipinski definition) is 2. The van der Waals surface area contributed by atoms with Crippen molar-refractivity contribution < 1.29 is 4.79 Å². The van der Waals surface area contributed by atoms with Gasteiger partial charge in [-0.15, -0.1) is 0 Å². The van der Waals surface area contributed by atoms with Gasteiger partial charge in [-0.05, 0) is 33.1 Å². The van der Waals surface area contributed by atoms with Gasteiger partial charge < -0.3 is 5.32 Å². The van der Waals surface area contributed by atoms with Gasteiger partial charge in [-0.3, -0.25) is 9.48 Å². The van der Waals surface area contributed by atoms with Crippen LogP contribution in [0.15, 0.2) is 0 Å². The minimum atomic E-state index is -0.118. The third kappa shape index (κ3) is 3.22. The van der Waals surface area contributed by atoms with Crippen LogP contribution in [0.2, 0.25) is 0 Å². The number of carbonyl (C=O) groups is 1. The predicted octanol–water partition coefficient (Wildman–Crippen LogP) is 2.84. The van der Waals surface area contributed by atoms with Crippen molar-refractivity contribution in [3.05, 3.63) is 17.0 Å². The summed E-state index contributed by atoms with van der Waals surface area (Å²) in [7, 11) is 1.93. The van der Waals surface area contributed by atoms with Crippen LogP contribution < -0.4 is 5.32 Å². The molecule has 1 aromatic heterocycles. The van der Waals surface area contributed by atoms with E-state index in [2.05, 4.69) is 10.4 Å². The Morgan fingerprint density at radius 2 is 2.05 bits per heavy atom. The van der Waals surface area contributed by atoms with Crippen LogP contribution in [0.25, 0.3) is 0 Å². The fraction of sp³-hybridized carbons (Fsp3) is 0.750. The van der Waals surface area contributed by atoms with Crippen molar-refractivity contribution in [2.24, 2.45) is 13.0 Å². The van der Waals surface area contributed by atoms with Crippen LogP contribution in [0.1, 0.15) is 61.9 Å². The molecule has 0 saturated heterocycles. The highest BCUT2D eigenvalue weighted by Crippen LogP contribution is 2.27. The third-order valence-electron chi connectivity index (χ3n) is 4.72. The molecule has 0 aromatic carbocycles. The first-order valence-corrected chi connectivity index (χ1v) is 7.78. The highest BCUT2D eigenvalue weighted by Gasteiger charge is 2.22. The van der Waals surface area contributed by atoms with Crippen molar-refractivity contribution in [1.29, 1.82) is 0 Å². The van der Waals surface area contributed by atoms with Gasteiger partial charge in [0.1, 0.15) is 0 Å². The molecule has 1 heterocycles. The Bertz CT molecular complexity index is 472. The van der Waals surface area contributed by atoms with Gasteiger partial charge in [0, 0.05) is 24.8 Å². The molecule has 1 aliphatic carbocycles. The average molecular weight is 277 g/mol. The lowest BCUT2D eigenvalue weighted by atomic mass is 9.98. The number of hydrogen-bond donors (Lipinski definition) is 1. The molecule has 0 radical (unpaired) electrons. The normalized spacial score (nSPS) is 17.4. The van der Waals surface area contributed by atoms with Gasteiger partial charge in [-0.2, -0.15) is 5.10 Å². The first-order valence-electron chi connectivity index (χ1n) is 7.78. The zero-order valence-corrected chi connectivity index (χ0v) is 13.2. The van der Waals surface area contributed by atoms with Gasteiger partial charge in [-0.1, -0.05) is 25.7 Å². The molecule has 1 saturated carbocycles. The van der Waals surface area contributed by atoms with Crippen LogP contribution in [-0.2, 0) is 11.8 Å². The summed E-state index contributed by atoms with van der Waals surface area (Å²) in [5, 5.41) is 7.49. The highest BCUT2D eigenvalue weighted by molar-refractivity contribution is 5.83. The summed E-state index contributed by atoms with van der Waals surface area (Å²) < 4.78 is 1.85. The zero-order valence-electron chi connectivity index (χ0n) is 13.2. The van der Waals surface area contributed by atoms with E-state index >= 15 is 0 Å². The Morgan fingerprint density at radius 1 is 1.40 bits per heavy atom. The molecule has 0 unspecified atom stereocenters. The lowest BCUT2D eigenvalue weighted by Gasteiger charge is -2.14. The molecule has 1 aromatic rings. The summed E-state index contributed by atoms with van der Waals surface area (Å²) in [6.45, 7) is 6.79. The molecular weight excluding hydrogens is 250 g/mol. The molecule has 4 heteroatoms. The minimum absolute atomic E-state index is 0.118. The van der Waals surface area contributed by atoms with Gasteiger partial charge in [0.2, 0.25) is 5.91 Å². The van der Waals surface area contributed by atoms with E-state index in [1.165, 1.54) is 25.7 Å². The van der Waals surface area contributed by atoms with Crippen LogP contribution in [0.4, 0.5) is 0 Å². The fourth-order valence-electron chi connectivity index (χ4n) is 3.40. The number of nitrogens with one attached hydrogen (secondary N) is 1. The molecule has 1 aliphatic rings. The smallest absolute Gasteiger partial charge is 0.227 e. The Labute approximate surface area is 121 Å². The molecule has 1 amide bonds. The zero-order chi connectivity index (χ0) is 14.7. The van der Waals surface area contributed by atoms with Gasteiger partial charge in [-0.25, -0.2) is 0 Å². The molecule has 112 valence electrons. The maximum atomic E-state index is 12.3. The van der Waals surface area contributed by atoms with Crippen LogP contribution in [-0.4, -0.2) is 22.2 Å². The van der Waals surface area contributed by atoms with Gasteiger partial charge >= 0.3 is 0 Å². The Balaban J connectivity index is 1.88. The number of aromatic nitrogens is 2. The van der Waals surface area contributed by atoms with E-state index in [4.69, 9.17) is 0 Å². The van der Waals surface area contributed by atoms with Crippen LogP contribution >= 0.6 is 0 Å². The standard InChI is InChI=1S/C16H27N3O/c1-11(15-12(2)18-19(4)13(15)3)16(20)17-10-9-14-7-5-6-8-14/h11,14H,5-10H2,1-4H3,(H,17,20)/t11-/m0/s1. The number of nitrogens with zero attached hydrogens (tertiary/aromatic N) is 2. The average Bonchev–Trinajstić information content (AvgIpc) is 2.99. The molecule has 2 rings (SSSR count). The molecule has 4 nitrogen and oxygen atoms in total. The molecule has 0 aliphatic heterocycles. The maximum Gasteiger partial charge on any atom is 0.227 e. The second-order valence-corrected chi connectivity index (χ2v) is 6.16. The molecule has 20 heavy (non-hydrogen) atoms. The third-order valence-corrected chi connectivity index (χ3v) is 4.72. The van der Waals surface area contributed by atoms with Crippen molar-refractivity contribution in [1.82, 2.24) is 15.1 Å². The van der Waals surface area contributed by atoms with Crippen molar-refractivity contribution in [2.75, 3.05) is 6.54 Å². The quantitative estimate of drug-likeness (QED) is 0.899. The van der Waals surface area contributed by atoms with Gasteiger partial charge in [0.05, 0.1) is 11.6 Å². The van der Waals surface area contributed by atoms with E-state index in [9.17, 15) is 4.79 Å². The summed E-state index contributed by atoms with van der Waals surface area (Å²) in [6, 6.07) is 0. The highest BCUT2D eigenvalue weighted by atomic mass is 16.1. The van der Waals surface area contributed by atoms with Crippen molar-refractivity contribution in [3.8, 4) is 0 Å². The first kappa shape index (κ1) is 15.1. The van der Waals surface area contributed by atoms with E-state index in [1.807, 2.05) is 32.5 Å². The van der Waals surface area contributed by atoms with E-state index in [0.29, 0.717) is 0 Å². The summed E-state index contributed by atoms with van der Waals surface area (Å²) in [6.07, 6.45) is 6.54. The summed E-state index contributed by atoms with van der Waals surface area (Å²) >= 11 is 0. The maximum absolute atomic E-state index is 12.3. The Hall–Kier alpha value is -1.32. The van der Waals surface area contributed by atoms with Crippen LogP contribution in [0.3, 0.4) is 0 Å². The second-order valence-electron chi connectivity index (χ2n) is 6.16.